The van der Waals surface area contributed by atoms with E-state index in [0.29, 0.717) is 22.3 Å². The number of anilines is 1. The number of fused-ring (bicyclic) bond motifs is 1. The van der Waals surface area contributed by atoms with Gasteiger partial charge in [0.1, 0.15) is 17.0 Å². The summed E-state index contributed by atoms with van der Waals surface area (Å²) in [5, 5.41) is 4.18. The van der Waals surface area contributed by atoms with E-state index >= 15 is 0 Å². The Morgan fingerprint density at radius 2 is 1.82 bits per heavy atom. The molecule has 1 atom stereocenters. The zero-order valence-corrected chi connectivity index (χ0v) is 19.4. The van der Waals surface area contributed by atoms with Crippen molar-refractivity contribution in [1.29, 1.82) is 0 Å². The van der Waals surface area contributed by atoms with Crippen LogP contribution in [-0.4, -0.2) is 9.36 Å². The molecule has 0 saturated heterocycles. The van der Waals surface area contributed by atoms with Crippen molar-refractivity contribution in [2.75, 3.05) is 5.32 Å². The number of benzene rings is 2. The Bertz CT molecular complexity index is 1490. The second-order valence-electron chi connectivity index (χ2n) is 8.12. The number of aryl methyl sites for hydroxylation is 1. The molecule has 0 aliphatic heterocycles. The number of nitrogens with one attached hydrogen (secondary N) is 1. The van der Waals surface area contributed by atoms with Gasteiger partial charge in [-0.3, -0.25) is 9.78 Å². The summed E-state index contributed by atoms with van der Waals surface area (Å²) in [6.07, 6.45) is 3.55. The van der Waals surface area contributed by atoms with Crippen LogP contribution in [0.1, 0.15) is 29.7 Å². The van der Waals surface area contributed by atoms with Crippen molar-refractivity contribution >= 4 is 28.2 Å². The lowest BCUT2D eigenvalue weighted by Crippen LogP contribution is -2.13. The highest BCUT2D eigenvalue weighted by atomic mass is 32.1. The van der Waals surface area contributed by atoms with Gasteiger partial charge in [-0.25, -0.2) is 4.37 Å². The largest absolute Gasteiger partial charge is 0.455 e. The van der Waals surface area contributed by atoms with Crippen LogP contribution in [0.2, 0.25) is 0 Å². The molecule has 5 rings (SSSR count). The summed E-state index contributed by atoms with van der Waals surface area (Å²) in [6, 6.07) is 19.5. The molecule has 2 aromatic carbocycles. The molecule has 0 fully saturated rings. The summed E-state index contributed by atoms with van der Waals surface area (Å²) < 4.78 is 10.7. The fourth-order valence-corrected chi connectivity index (χ4v) is 4.73. The molecule has 0 spiro atoms. The number of pyridine rings is 1. The normalized spacial score (nSPS) is 12.1. The number of hydrogen-bond donors (Lipinski definition) is 1. The second kappa shape index (κ2) is 8.64. The van der Waals surface area contributed by atoms with Crippen LogP contribution in [0.5, 0.6) is 0 Å². The van der Waals surface area contributed by atoms with Gasteiger partial charge in [0.05, 0.1) is 22.0 Å². The topological polar surface area (TPSA) is 68.0 Å². The minimum atomic E-state index is -0.127. The Balaban J connectivity index is 1.64. The Morgan fingerprint density at radius 3 is 2.58 bits per heavy atom. The quantitative estimate of drug-likeness (QED) is 0.318. The van der Waals surface area contributed by atoms with E-state index in [2.05, 4.69) is 27.7 Å². The number of aromatic nitrogens is 2. The maximum absolute atomic E-state index is 13.3. The van der Waals surface area contributed by atoms with Crippen molar-refractivity contribution < 1.29 is 4.42 Å². The highest BCUT2D eigenvalue weighted by molar-refractivity contribution is 7.09. The Kier molecular flexibility index (Phi) is 5.52. The maximum Gasteiger partial charge on any atom is 0.196 e. The minimum absolute atomic E-state index is 0.000945. The van der Waals surface area contributed by atoms with Crippen LogP contribution in [0.15, 0.2) is 82.3 Å². The number of hydrogen-bond acceptors (Lipinski definition) is 6. The molecule has 1 N–H and O–H groups in total. The molecule has 5 nitrogen and oxygen atoms in total. The van der Waals surface area contributed by atoms with Crippen molar-refractivity contribution in [3.05, 3.63) is 100.0 Å². The zero-order chi connectivity index (χ0) is 22.9. The lowest BCUT2D eigenvalue weighted by Gasteiger charge is -2.20. The van der Waals surface area contributed by atoms with Crippen molar-refractivity contribution in [2.45, 2.75) is 26.8 Å². The monoisotopic (exact) mass is 453 g/mol. The predicted octanol–water partition coefficient (Wildman–Crippen LogP) is 6.77. The summed E-state index contributed by atoms with van der Waals surface area (Å²) in [7, 11) is 0. The predicted molar refractivity (Wildman–Crippen MR) is 135 cm³/mol. The molecule has 1 unspecified atom stereocenters. The van der Waals surface area contributed by atoms with E-state index in [1.807, 2.05) is 68.4 Å². The van der Waals surface area contributed by atoms with E-state index in [1.165, 1.54) is 11.5 Å². The molecule has 0 bridgehead atoms. The third-order valence-electron chi connectivity index (χ3n) is 5.75. The van der Waals surface area contributed by atoms with Gasteiger partial charge in [-0.1, -0.05) is 36.4 Å². The Morgan fingerprint density at radius 1 is 1.00 bits per heavy atom. The molecule has 0 radical (unpaired) electrons. The first kappa shape index (κ1) is 21.1. The highest BCUT2D eigenvalue weighted by Crippen LogP contribution is 2.34. The fourth-order valence-electron chi connectivity index (χ4n) is 4.12. The van der Waals surface area contributed by atoms with Crippen LogP contribution in [0.25, 0.3) is 32.9 Å². The Hall–Kier alpha value is -3.77. The first-order valence-corrected chi connectivity index (χ1v) is 11.6. The fraction of sp³-hybridized carbons (Fsp3) is 0.148. The summed E-state index contributed by atoms with van der Waals surface area (Å²) in [5.41, 5.74) is 5.81. The molecule has 5 aromatic rings. The number of nitrogens with zero attached hydrogens (tertiary/aromatic N) is 2. The first-order valence-electron chi connectivity index (χ1n) is 10.8. The van der Waals surface area contributed by atoms with Gasteiger partial charge in [0.25, 0.3) is 0 Å². The minimum Gasteiger partial charge on any atom is -0.455 e. The number of rotatable bonds is 5. The zero-order valence-electron chi connectivity index (χ0n) is 18.6. The van der Waals surface area contributed by atoms with Crippen LogP contribution >= 0.6 is 11.5 Å². The standard InChI is InChI=1S/C27H23N3O2S/c1-16-14-20(18(3)30-22-10-7-12-28-24(22)23-11-13-29-33-23)27-21(15-16)25(31)17(2)26(32-27)19-8-5-4-6-9-19/h4-15,18,30H,1-3H3. The first-order chi connectivity index (χ1) is 16.0. The molecular formula is C27H23N3O2S. The molecule has 164 valence electrons. The van der Waals surface area contributed by atoms with Gasteiger partial charge in [-0.2, -0.15) is 0 Å². The maximum atomic E-state index is 13.3. The lowest BCUT2D eigenvalue weighted by molar-refractivity contribution is 0.605. The van der Waals surface area contributed by atoms with Gasteiger partial charge in [0, 0.05) is 29.1 Å². The van der Waals surface area contributed by atoms with E-state index in [9.17, 15) is 4.79 Å². The molecule has 0 aliphatic rings. The Labute approximate surface area is 195 Å². The van der Waals surface area contributed by atoms with Crippen LogP contribution in [0, 0.1) is 13.8 Å². The third-order valence-corrected chi connectivity index (χ3v) is 6.50. The van der Waals surface area contributed by atoms with Crippen molar-refractivity contribution in [3.63, 3.8) is 0 Å². The molecule has 6 heteroatoms. The third kappa shape index (κ3) is 3.94. The average Bonchev–Trinajstić information content (AvgIpc) is 3.37. The summed E-state index contributed by atoms with van der Waals surface area (Å²) in [6.45, 7) is 5.90. The summed E-state index contributed by atoms with van der Waals surface area (Å²) in [5.74, 6) is 0.608. The summed E-state index contributed by atoms with van der Waals surface area (Å²) >= 11 is 1.41. The van der Waals surface area contributed by atoms with Gasteiger partial charge < -0.3 is 9.73 Å². The SMILES string of the molecule is Cc1cc(C(C)Nc2cccnc2-c2ccns2)c2oc(-c3ccccc3)c(C)c(=O)c2c1. The lowest BCUT2D eigenvalue weighted by atomic mass is 9.98. The molecule has 0 aliphatic carbocycles. The van der Waals surface area contributed by atoms with Crippen LogP contribution in [0.4, 0.5) is 5.69 Å². The van der Waals surface area contributed by atoms with Gasteiger partial charge >= 0.3 is 0 Å². The van der Waals surface area contributed by atoms with E-state index in [1.54, 1.807) is 12.4 Å². The van der Waals surface area contributed by atoms with E-state index < -0.39 is 0 Å². The van der Waals surface area contributed by atoms with Crippen molar-refractivity contribution in [1.82, 2.24) is 9.36 Å². The van der Waals surface area contributed by atoms with Gasteiger partial charge in [-0.05, 0) is 62.1 Å². The van der Waals surface area contributed by atoms with Crippen LogP contribution in [-0.2, 0) is 0 Å². The van der Waals surface area contributed by atoms with Gasteiger partial charge in [0.2, 0.25) is 0 Å². The van der Waals surface area contributed by atoms with Crippen LogP contribution in [0.3, 0.4) is 0 Å². The van der Waals surface area contributed by atoms with E-state index in [4.69, 9.17) is 4.42 Å². The van der Waals surface area contributed by atoms with Crippen LogP contribution < -0.4 is 10.7 Å². The average molecular weight is 454 g/mol. The molecule has 3 aromatic heterocycles. The molecular weight excluding hydrogens is 430 g/mol. The molecule has 0 amide bonds. The van der Waals surface area contributed by atoms with E-state index in [0.717, 1.165) is 32.9 Å². The smallest absolute Gasteiger partial charge is 0.196 e. The van der Waals surface area contributed by atoms with Crippen molar-refractivity contribution in [2.24, 2.45) is 0 Å². The molecule has 3 heterocycles. The van der Waals surface area contributed by atoms with Crippen molar-refractivity contribution in [3.8, 4) is 21.9 Å². The van der Waals surface area contributed by atoms with E-state index in [-0.39, 0.29) is 11.5 Å². The second-order valence-corrected chi connectivity index (χ2v) is 8.96. The summed E-state index contributed by atoms with van der Waals surface area (Å²) in [4.78, 5) is 18.9. The van der Waals surface area contributed by atoms with Gasteiger partial charge in [0.15, 0.2) is 5.43 Å². The van der Waals surface area contributed by atoms with Gasteiger partial charge in [-0.15, -0.1) is 0 Å². The highest BCUT2D eigenvalue weighted by Gasteiger charge is 2.20. The molecule has 0 saturated carbocycles. The molecule has 33 heavy (non-hydrogen) atoms.